The average molecular weight is 497 g/mol. The molecule has 6 atom stereocenters. The van der Waals surface area contributed by atoms with E-state index in [2.05, 4.69) is 15.8 Å². The fraction of sp³-hybridized carbons (Fsp3) is 0.407. The minimum Gasteiger partial charge on any atom is -0.467 e. The molecule has 2 heterocycles. The van der Waals surface area contributed by atoms with Crippen LogP contribution in [0.2, 0.25) is 0 Å². The number of carbonyl (C=O) groups is 2. The first-order chi connectivity index (χ1) is 17.1. The lowest BCUT2D eigenvalue weighted by Crippen LogP contribution is -2.60. The maximum absolute atomic E-state index is 15.3. The molecule has 1 aromatic carbocycles. The van der Waals surface area contributed by atoms with E-state index in [0.29, 0.717) is 11.3 Å². The van der Waals surface area contributed by atoms with Gasteiger partial charge >= 0.3 is 11.9 Å². The second kappa shape index (κ2) is 9.43. The predicted molar refractivity (Wildman–Crippen MR) is 125 cm³/mol. The number of pyridine rings is 1. The Morgan fingerprint density at radius 2 is 2.03 bits per heavy atom. The van der Waals surface area contributed by atoms with Crippen molar-refractivity contribution >= 4 is 18.0 Å². The van der Waals surface area contributed by atoms with Crippen molar-refractivity contribution in [3.63, 3.8) is 0 Å². The number of carbonyl (C=O) groups excluding carboxylic acids is 2. The van der Waals surface area contributed by atoms with Gasteiger partial charge in [-0.3, -0.25) is 9.78 Å². The van der Waals surface area contributed by atoms with Crippen LogP contribution < -0.4 is 0 Å². The van der Waals surface area contributed by atoms with Crippen LogP contribution in [-0.4, -0.2) is 47.3 Å². The molecule has 1 N–H and O–H groups in total. The molecule has 1 aliphatic heterocycles. The highest BCUT2D eigenvalue weighted by Crippen LogP contribution is 2.60. The van der Waals surface area contributed by atoms with E-state index < -0.39 is 59.7 Å². The van der Waals surface area contributed by atoms with Gasteiger partial charge in [0.15, 0.2) is 6.10 Å². The first kappa shape index (κ1) is 25.5. The first-order valence-electron chi connectivity index (χ1n) is 11.6. The number of fused-ring (bicyclic) bond motifs is 1. The number of ether oxygens (including phenoxy) is 2. The van der Waals surface area contributed by atoms with Crippen molar-refractivity contribution in [2.45, 2.75) is 38.4 Å². The zero-order valence-electron chi connectivity index (χ0n) is 20.0. The highest BCUT2D eigenvalue weighted by atomic mass is 19.3. The van der Waals surface area contributed by atoms with Crippen LogP contribution in [0, 0.1) is 34.5 Å². The maximum atomic E-state index is 15.3. The van der Waals surface area contributed by atoms with Crippen LogP contribution in [0.5, 0.6) is 0 Å². The lowest BCUT2D eigenvalue weighted by molar-refractivity contribution is -0.200. The third-order valence-corrected chi connectivity index (χ3v) is 7.51. The van der Waals surface area contributed by atoms with Gasteiger partial charge in [-0.25, -0.2) is 13.6 Å². The molecule has 2 fully saturated rings. The van der Waals surface area contributed by atoms with Crippen molar-refractivity contribution in [1.82, 2.24) is 4.98 Å². The minimum absolute atomic E-state index is 0.478. The fourth-order valence-electron chi connectivity index (χ4n) is 5.60. The summed E-state index contributed by atoms with van der Waals surface area (Å²) in [6.45, 7) is 2.96. The zero-order chi connectivity index (χ0) is 26.3. The van der Waals surface area contributed by atoms with Crippen LogP contribution in [-0.2, 0) is 19.1 Å². The number of hydrogen-bond donors (Lipinski definition) is 1. The molecule has 0 spiro atoms. The van der Waals surface area contributed by atoms with E-state index in [1.54, 1.807) is 49.5 Å². The second-order valence-corrected chi connectivity index (χ2v) is 9.39. The summed E-state index contributed by atoms with van der Waals surface area (Å²) in [5.74, 6) is -8.53. The van der Waals surface area contributed by atoms with E-state index in [-0.39, 0.29) is 0 Å². The van der Waals surface area contributed by atoms with E-state index in [4.69, 9.17) is 4.74 Å². The molecule has 2 aliphatic rings. The third-order valence-electron chi connectivity index (χ3n) is 7.51. The Bertz CT molecular complexity index is 1240. The largest absolute Gasteiger partial charge is 0.467 e. The summed E-state index contributed by atoms with van der Waals surface area (Å²) in [6, 6.07) is 12.7. The highest BCUT2D eigenvalue weighted by molar-refractivity contribution is 5.89. The van der Waals surface area contributed by atoms with E-state index in [1.165, 1.54) is 6.92 Å². The Morgan fingerprint density at radius 1 is 1.31 bits per heavy atom. The number of esters is 2. The molecule has 0 bridgehead atoms. The number of nitrogens with zero attached hydrogens (tertiary/aromatic N) is 2. The number of alkyl halides is 2. The van der Waals surface area contributed by atoms with Gasteiger partial charge in [0, 0.05) is 35.6 Å². The number of halogens is 2. The molecule has 4 rings (SSSR count). The Morgan fingerprint density at radius 3 is 2.67 bits per heavy atom. The molecule has 1 saturated carbocycles. The molecular weight excluding hydrogens is 470 g/mol. The first-order valence-corrected chi connectivity index (χ1v) is 11.6. The smallest absolute Gasteiger partial charge is 0.335 e. The quantitative estimate of drug-likeness (QED) is 0.623. The highest BCUT2D eigenvalue weighted by Gasteiger charge is 2.72. The molecular formula is C27H26F2N2O5. The van der Waals surface area contributed by atoms with Gasteiger partial charge in [-0.05, 0) is 31.1 Å². The van der Waals surface area contributed by atoms with E-state index in [9.17, 15) is 20.0 Å². The van der Waals surface area contributed by atoms with Gasteiger partial charge < -0.3 is 14.6 Å². The van der Waals surface area contributed by atoms with Crippen LogP contribution in [0.3, 0.4) is 0 Å². The van der Waals surface area contributed by atoms with E-state index in [0.717, 1.165) is 18.2 Å². The topological polar surface area (TPSA) is 110 Å². The number of aliphatic hydroxyl groups excluding tert-OH is 1. The van der Waals surface area contributed by atoms with Gasteiger partial charge in [-0.1, -0.05) is 37.3 Å². The molecule has 0 radical (unpaired) electrons. The number of rotatable bonds is 5. The summed E-state index contributed by atoms with van der Waals surface area (Å²) in [5.41, 5.74) is 0.300. The number of allylic oxidation sites excluding steroid dienone is 1. The molecule has 1 aromatic heterocycles. The summed E-state index contributed by atoms with van der Waals surface area (Å²) in [5, 5.41) is 20.1. The molecule has 1 aliphatic carbocycles. The van der Waals surface area contributed by atoms with E-state index in [1.807, 2.05) is 12.1 Å². The molecule has 188 valence electrons. The summed E-state index contributed by atoms with van der Waals surface area (Å²) in [6.07, 6.45) is 0.809. The van der Waals surface area contributed by atoms with Crippen molar-refractivity contribution in [3.05, 3.63) is 59.9 Å². The van der Waals surface area contributed by atoms with Crippen molar-refractivity contribution in [3.8, 4) is 17.2 Å². The van der Waals surface area contributed by atoms with Crippen molar-refractivity contribution in [2.24, 2.45) is 23.2 Å². The lowest BCUT2D eigenvalue weighted by Gasteiger charge is -2.48. The summed E-state index contributed by atoms with van der Waals surface area (Å²) >= 11 is 0. The lowest BCUT2D eigenvalue weighted by atomic mass is 9.54. The molecule has 9 heteroatoms. The second-order valence-electron chi connectivity index (χ2n) is 9.39. The summed E-state index contributed by atoms with van der Waals surface area (Å²) in [7, 11) is 1.02. The Labute approximate surface area is 207 Å². The van der Waals surface area contributed by atoms with Gasteiger partial charge in [0.25, 0.3) is 5.92 Å². The average Bonchev–Trinajstić information content (AvgIpc) is 3.12. The number of hydrogen-bond acceptors (Lipinski definition) is 7. The Kier molecular flexibility index (Phi) is 6.67. The third kappa shape index (κ3) is 4.05. The predicted octanol–water partition coefficient (Wildman–Crippen LogP) is 4.01. The fourth-order valence-corrected chi connectivity index (χ4v) is 5.60. The minimum atomic E-state index is -3.36. The maximum Gasteiger partial charge on any atom is 0.335 e. The Hall–Kier alpha value is -3.64. The summed E-state index contributed by atoms with van der Waals surface area (Å²) in [4.78, 5) is 29.4. The monoisotopic (exact) mass is 496 g/mol. The number of nitriles is 1. The molecule has 0 unspecified atom stereocenters. The van der Waals surface area contributed by atoms with Crippen LogP contribution >= 0.6 is 0 Å². The molecule has 7 nitrogen and oxygen atoms in total. The number of aliphatic hydroxyl groups is 1. The molecule has 2 aromatic rings. The van der Waals surface area contributed by atoms with Gasteiger partial charge in [0.1, 0.15) is 11.5 Å². The number of cyclic esters (lactones) is 1. The zero-order valence-corrected chi connectivity index (χ0v) is 20.0. The number of aromatic nitrogens is 1. The Balaban J connectivity index is 1.69. The van der Waals surface area contributed by atoms with Crippen LogP contribution in [0.25, 0.3) is 17.2 Å². The number of methoxy groups -OCH3 is 1. The molecule has 0 amide bonds. The molecule has 1 saturated heterocycles. The van der Waals surface area contributed by atoms with Gasteiger partial charge in [0.2, 0.25) is 0 Å². The SMILES string of the molecule is COC(=O)[C@@H](O)[C@@]12CC(F)(F)[C@@H](C)[C@H](/C=C/c3ccc(-c4ccccc4C#N)cn3)[C@@H]1[C@@H](C)OC2=O. The number of benzene rings is 1. The van der Waals surface area contributed by atoms with Gasteiger partial charge in [-0.2, -0.15) is 5.26 Å². The van der Waals surface area contributed by atoms with Gasteiger partial charge in [0.05, 0.1) is 24.4 Å². The van der Waals surface area contributed by atoms with Crippen LogP contribution in [0.4, 0.5) is 8.78 Å². The van der Waals surface area contributed by atoms with Crippen LogP contribution in [0.1, 0.15) is 31.5 Å². The normalized spacial score (nSPS) is 29.8. The van der Waals surface area contributed by atoms with Gasteiger partial charge in [-0.15, -0.1) is 0 Å². The standard InChI is InChI=1S/C27H26F2N2O5/c1-15-20(11-10-19-9-8-18(13-31-19)21-7-5-4-6-17(21)12-30)22-16(2)36-25(34)26(22,14-27(15,28)29)23(32)24(33)35-3/h4-11,13,15-16,20,22-23,32H,14H2,1-3H3/b11-10+/t15-,16+,20-,22-,23+,26+/m0/s1. The molecule has 36 heavy (non-hydrogen) atoms. The van der Waals surface area contributed by atoms with Crippen molar-refractivity contribution in [1.29, 1.82) is 5.26 Å². The summed E-state index contributed by atoms with van der Waals surface area (Å²) < 4.78 is 40.4. The van der Waals surface area contributed by atoms with Crippen molar-refractivity contribution in [2.75, 3.05) is 7.11 Å². The van der Waals surface area contributed by atoms with E-state index >= 15 is 8.78 Å². The van der Waals surface area contributed by atoms with Crippen molar-refractivity contribution < 1.29 is 33.0 Å². The van der Waals surface area contributed by atoms with Crippen LogP contribution in [0.15, 0.2) is 48.7 Å².